The third kappa shape index (κ3) is 3.88. The zero-order valence-electron chi connectivity index (χ0n) is 11.6. The van der Waals surface area contributed by atoms with Crippen molar-refractivity contribution in [2.75, 3.05) is 13.7 Å². The summed E-state index contributed by atoms with van der Waals surface area (Å²) in [5.41, 5.74) is 1.72. The van der Waals surface area contributed by atoms with Crippen LogP contribution in [0.1, 0.15) is 33.8 Å². The van der Waals surface area contributed by atoms with Crippen molar-refractivity contribution in [3.63, 3.8) is 0 Å². The molecule has 2 aromatic rings. The number of hydrogen-bond donors (Lipinski definition) is 1. The number of aromatic nitrogens is 1. The van der Waals surface area contributed by atoms with Gasteiger partial charge in [-0.15, -0.1) is 11.3 Å². The van der Waals surface area contributed by atoms with Crippen molar-refractivity contribution in [1.29, 1.82) is 0 Å². The number of rotatable bonds is 6. The van der Waals surface area contributed by atoms with Crippen LogP contribution in [0.2, 0.25) is 0 Å². The van der Waals surface area contributed by atoms with Gasteiger partial charge >= 0.3 is 5.97 Å². The number of carbonyl (C=O) groups excluding carboxylic acids is 1. The summed E-state index contributed by atoms with van der Waals surface area (Å²) in [4.78, 5) is 15.6. The maximum absolute atomic E-state index is 11.3. The minimum atomic E-state index is -0.304. The summed E-state index contributed by atoms with van der Waals surface area (Å²) in [5, 5.41) is 6.55. The van der Waals surface area contributed by atoms with Gasteiger partial charge in [0.1, 0.15) is 0 Å². The number of benzene rings is 1. The molecule has 0 aliphatic carbocycles. The third-order valence-corrected chi connectivity index (χ3v) is 4.03. The molecule has 0 aliphatic heterocycles. The lowest BCUT2D eigenvalue weighted by molar-refractivity contribution is 0.0600. The van der Waals surface area contributed by atoms with Crippen molar-refractivity contribution in [3.05, 3.63) is 52.0 Å². The smallest absolute Gasteiger partial charge is 0.337 e. The molecule has 1 heterocycles. The molecule has 1 unspecified atom stereocenters. The SMILES string of the molecule is COC(=O)c1ccc(CNCC(C)c2nccs2)cc1. The molecular weight excluding hydrogens is 272 g/mol. The molecule has 0 bridgehead atoms. The number of ether oxygens (including phenoxy) is 1. The zero-order chi connectivity index (χ0) is 14.4. The van der Waals surface area contributed by atoms with Crippen LogP contribution in [0.4, 0.5) is 0 Å². The summed E-state index contributed by atoms with van der Waals surface area (Å²) in [7, 11) is 1.39. The van der Waals surface area contributed by atoms with Gasteiger partial charge in [0.05, 0.1) is 17.7 Å². The van der Waals surface area contributed by atoms with Crippen LogP contribution in [0.3, 0.4) is 0 Å². The van der Waals surface area contributed by atoms with E-state index in [0.717, 1.165) is 23.7 Å². The molecule has 1 aromatic heterocycles. The van der Waals surface area contributed by atoms with E-state index in [1.54, 1.807) is 23.5 Å². The Morgan fingerprint density at radius 3 is 2.75 bits per heavy atom. The first-order valence-corrected chi connectivity index (χ1v) is 7.36. The van der Waals surface area contributed by atoms with Crippen LogP contribution in [0.25, 0.3) is 0 Å². The number of hydrogen-bond acceptors (Lipinski definition) is 5. The van der Waals surface area contributed by atoms with Gasteiger partial charge in [-0.25, -0.2) is 9.78 Å². The third-order valence-electron chi connectivity index (χ3n) is 3.03. The molecule has 2 rings (SSSR count). The minimum absolute atomic E-state index is 0.304. The molecular formula is C15H18N2O2S. The molecule has 0 spiro atoms. The molecule has 0 saturated carbocycles. The summed E-state index contributed by atoms with van der Waals surface area (Å²) in [5.74, 6) is 0.103. The van der Waals surface area contributed by atoms with Crippen molar-refractivity contribution < 1.29 is 9.53 Å². The maximum Gasteiger partial charge on any atom is 0.337 e. The molecule has 20 heavy (non-hydrogen) atoms. The molecule has 0 aliphatic rings. The lowest BCUT2D eigenvalue weighted by Gasteiger charge is -2.10. The van der Waals surface area contributed by atoms with Gasteiger partial charge in [0.25, 0.3) is 0 Å². The largest absolute Gasteiger partial charge is 0.465 e. The normalized spacial score (nSPS) is 12.1. The van der Waals surface area contributed by atoms with Crippen molar-refractivity contribution in [2.45, 2.75) is 19.4 Å². The maximum atomic E-state index is 11.3. The van der Waals surface area contributed by atoms with Crippen LogP contribution in [0.15, 0.2) is 35.8 Å². The Morgan fingerprint density at radius 2 is 2.15 bits per heavy atom. The van der Waals surface area contributed by atoms with Crippen LogP contribution in [-0.2, 0) is 11.3 Å². The van der Waals surface area contributed by atoms with E-state index < -0.39 is 0 Å². The highest BCUT2D eigenvalue weighted by molar-refractivity contribution is 7.09. The van der Waals surface area contributed by atoms with Gasteiger partial charge in [0.15, 0.2) is 0 Å². The molecule has 1 aromatic carbocycles. The number of nitrogens with one attached hydrogen (secondary N) is 1. The van der Waals surface area contributed by atoms with E-state index in [2.05, 4.69) is 22.0 Å². The van der Waals surface area contributed by atoms with Gasteiger partial charge in [-0.3, -0.25) is 0 Å². The first-order valence-electron chi connectivity index (χ1n) is 6.48. The lowest BCUT2D eigenvalue weighted by Crippen LogP contribution is -2.19. The number of thiazole rings is 1. The van der Waals surface area contributed by atoms with E-state index in [4.69, 9.17) is 0 Å². The van der Waals surface area contributed by atoms with E-state index in [-0.39, 0.29) is 5.97 Å². The van der Waals surface area contributed by atoms with Crippen molar-refractivity contribution >= 4 is 17.3 Å². The standard InChI is InChI=1S/C15H18N2O2S/c1-11(14-17-7-8-20-14)9-16-10-12-3-5-13(6-4-12)15(18)19-2/h3-8,11,16H,9-10H2,1-2H3. The van der Waals surface area contributed by atoms with Gasteiger partial charge in [0.2, 0.25) is 0 Å². The van der Waals surface area contributed by atoms with E-state index in [1.807, 2.05) is 23.7 Å². The Kier molecular flexibility index (Phi) is 5.26. The van der Waals surface area contributed by atoms with Gasteiger partial charge < -0.3 is 10.1 Å². The average Bonchev–Trinajstić information content (AvgIpc) is 3.01. The van der Waals surface area contributed by atoms with Crippen molar-refractivity contribution in [2.24, 2.45) is 0 Å². The summed E-state index contributed by atoms with van der Waals surface area (Å²) in [6.45, 7) is 3.82. The number of carbonyl (C=O) groups is 1. The van der Waals surface area contributed by atoms with Crippen molar-refractivity contribution in [3.8, 4) is 0 Å². The van der Waals surface area contributed by atoms with Gasteiger partial charge in [-0.05, 0) is 17.7 Å². The first kappa shape index (κ1) is 14.7. The fraction of sp³-hybridized carbons (Fsp3) is 0.333. The molecule has 0 amide bonds. The predicted octanol–water partition coefficient (Wildman–Crippen LogP) is 2.82. The first-order chi connectivity index (χ1) is 9.70. The average molecular weight is 290 g/mol. The number of nitrogens with zero attached hydrogens (tertiary/aromatic N) is 1. The molecule has 0 radical (unpaired) electrons. The Morgan fingerprint density at radius 1 is 1.40 bits per heavy atom. The summed E-state index contributed by atoms with van der Waals surface area (Å²) < 4.78 is 4.67. The number of methoxy groups -OCH3 is 1. The quantitative estimate of drug-likeness (QED) is 0.831. The van der Waals surface area contributed by atoms with Crippen molar-refractivity contribution in [1.82, 2.24) is 10.3 Å². The number of esters is 1. The monoisotopic (exact) mass is 290 g/mol. The molecule has 106 valence electrons. The summed E-state index contributed by atoms with van der Waals surface area (Å²) in [6.07, 6.45) is 1.84. The van der Waals surface area contributed by atoms with Gasteiger partial charge in [-0.1, -0.05) is 19.1 Å². The second-order valence-corrected chi connectivity index (χ2v) is 5.52. The van der Waals surface area contributed by atoms with Gasteiger partial charge in [0, 0.05) is 30.6 Å². The van der Waals surface area contributed by atoms with E-state index >= 15 is 0 Å². The highest BCUT2D eigenvalue weighted by Crippen LogP contribution is 2.16. The van der Waals surface area contributed by atoms with E-state index in [0.29, 0.717) is 11.5 Å². The second kappa shape index (κ2) is 7.17. The molecule has 5 heteroatoms. The highest BCUT2D eigenvalue weighted by atomic mass is 32.1. The van der Waals surface area contributed by atoms with E-state index in [9.17, 15) is 4.79 Å². The Balaban J connectivity index is 1.81. The van der Waals surface area contributed by atoms with Crippen LogP contribution in [-0.4, -0.2) is 24.6 Å². The fourth-order valence-corrected chi connectivity index (χ4v) is 2.57. The van der Waals surface area contributed by atoms with Gasteiger partial charge in [-0.2, -0.15) is 0 Å². The van der Waals surface area contributed by atoms with Crippen LogP contribution in [0, 0.1) is 0 Å². The van der Waals surface area contributed by atoms with Crippen LogP contribution in [0.5, 0.6) is 0 Å². The fourth-order valence-electron chi connectivity index (χ4n) is 1.87. The molecule has 4 nitrogen and oxygen atoms in total. The Bertz CT molecular complexity index is 538. The second-order valence-electron chi connectivity index (χ2n) is 4.59. The highest BCUT2D eigenvalue weighted by Gasteiger charge is 2.08. The summed E-state index contributed by atoms with van der Waals surface area (Å²) in [6, 6.07) is 7.45. The molecule has 1 atom stereocenters. The molecule has 0 fully saturated rings. The zero-order valence-corrected chi connectivity index (χ0v) is 12.4. The predicted molar refractivity (Wildman–Crippen MR) is 80.0 cm³/mol. The molecule has 0 saturated heterocycles. The molecule has 1 N–H and O–H groups in total. The topological polar surface area (TPSA) is 51.2 Å². The summed E-state index contributed by atoms with van der Waals surface area (Å²) >= 11 is 1.68. The Labute approximate surface area is 122 Å². The van der Waals surface area contributed by atoms with Crippen LogP contribution >= 0.6 is 11.3 Å². The lowest BCUT2D eigenvalue weighted by atomic mass is 10.1. The van der Waals surface area contributed by atoms with E-state index in [1.165, 1.54) is 7.11 Å². The Hall–Kier alpha value is -1.72. The minimum Gasteiger partial charge on any atom is -0.465 e. The van der Waals surface area contributed by atoms with Crippen LogP contribution < -0.4 is 5.32 Å².